The second-order valence-corrected chi connectivity index (χ2v) is 5.05. The van der Waals surface area contributed by atoms with Gasteiger partial charge in [-0.1, -0.05) is 13.3 Å². The molecular weight excluding hydrogens is 188 g/mol. The van der Waals surface area contributed by atoms with Crippen molar-refractivity contribution in [2.45, 2.75) is 50.7 Å². The van der Waals surface area contributed by atoms with E-state index in [2.05, 4.69) is 17.6 Å². The van der Waals surface area contributed by atoms with E-state index < -0.39 is 5.60 Å². The molecule has 3 nitrogen and oxygen atoms in total. The molecule has 2 fully saturated rings. The van der Waals surface area contributed by atoms with Crippen LogP contribution in [-0.4, -0.2) is 36.4 Å². The fourth-order valence-electron chi connectivity index (χ4n) is 3.18. The Hall–Kier alpha value is -0.120. The molecule has 2 saturated heterocycles. The van der Waals surface area contributed by atoms with Gasteiger partial charge >= 0.3 is 0 Å². The Morgan fingerprint density at radius 1 is 1.33 bits per heavy atom. The lowest BCUT2D eigenvalue weighted by Crippen LogP contribution is -2.62. The minimum atomic E-state index is -0.458. The Balaban J connectivity index is 2.06. The van der Waals surface area contributed by atoms with Gasteiger partial charge in [0.15, 0.2) is 0 Å². The molecule has 0 amide bonds. The second kappa shape index (κ2) is 4.81. The van der Waals surface area contributed by atoms with E-state index in [1.165, 1.54) is 12.8 Å². The molecule has 0 aromatic heterocycles. The summed E-state index contributed by atoms with van der Waals surface area (Å²) >= 11 is 0. The number of hydrogen-bond donors (Lipinski definition) is 3. The molecular formula is C12H24N2O. The fourth-order valence-corrected chi connectivity index (χ4v) is 3.18. The number of hydrogen-bond acceptors (Lipinski definition) is 3. The Morgan fingerprint density at radius 3 is 2.87 bits per heavy atom. The molecule has 0 aromatic rings. The van der Waals surface area contributed by atoms with Crippen molar-refractivity contribution in [2.75, 3.05) is 19.6 Å². The first kappa shape index (κ1) is 11.4. The lowest BCUT2D eigenvalue weighted by atomic mass is 9.73. The lowest BCUT2D eigenvalue weighted by Gasteiger charge is -2.47. The Kier molecular flexibility index (Phi) is 3.65. The maximum absolute atomic E-state index is 10.9. The van der Waals surface area contributed by atoms with Crippen molar-refractivity contribution in [3.63, 3.8) is 0 Å². The van der Waals surface area contributed by atoms with Crippen LogP contribution in [0, 0.1) is 5.92 Å². The topological polar surface area (TPSA) is 44.3 Å². The molecule has 3 unspecified atom stereocenters. The van der Waals surface area contributed by atoms with E-state index >= 15 is 0 Å². The van der Waals surface area contributed by atoms with Gasteiger partial charge in [-0.2, -0.15) is 0 Å². The minimum absolute atomic E-state index is 0.332. The summed E-state index contributed by atoms with van der Waals surface area (Å²) in [5.41, 5.74) is -0.458. The van der Waals surface area contributed by atoms with Gasteiger partial charge in [-0.25, -0.2) is 0 Å². The molecule has 3 heteroatoms. The van der Waals surface area contributed by atoms with Gasteiger partial charge in [0.2, 0.25) is 0 Å². The van der Waals surface area contributed by atoms with Gasteiger partial charge in [-0.15, -0.1) is 0 Å². The average Bonchev–Trinajstić information content (AvgIpc) is 2.31. The number of rotatable bonds is 2. The molecule has 0 aromatic carbocycles. The molecule has 2 heterocycles. The predicted octanol–water partition coefficient (Wildman–Crippen LogP) is 0.879. The standard InChI is InChI=1S/C12H24N2O/c1-2-10-9-13-8-6-12(10,15)11-5-3-4-7-14-11/h10-11,13-15H,2-9H2,1H3. The van der Waals surface area contributed by atoms with Crippen molar-refractivity contribution in [3.8, 4) is 0 Å². The van der Waals surface area contributed by atoms with Crippen LogP contribution in [0.4, 0.5) is 0 Å². The first-order chi connectivity index (χ1) is 7.27. The van der Waals surface area contributed by atoms with Crippen LogP contribution in [0.5, 0.6) is 0 Å². The number of piperidine rings is 2. The molecule has 2 rings (SSSR count). The van der Waals surface area contributed by atoms with E-state index in [-0.39, 0.29) is 0 Å². The van der Waals surface area contributed by atoms with Crippen LogP contribution in [0.1, 0.15) is 39.0 Å². The Morgan fingerprint density at radius 2 is 2.20 bits per heavy atom. The zero-order chi connectivity index (χ0) is 10.7. The highest BCUT2D eigenvalue weighted by atomic mass is 16.3. The van der Waals surface area contributed by atoms with Gasteiger partial charge in [0, 0.05) is 18.5 Å². The molecule has 0 spiro atoms. The quantitative estimate of drug-likeness (QED) is 0.636. The van der Waals surface area contributed by atoms with Gasteiger partial charge in [0.1, 0.15) is 0 Å². The van der Waals surface area contributed by atoms with E-state index in [4.69, 9.17) is 0 Å². The minimum Gasteiger partial charge on any atom is -0.388 e. The summed E-state index contributed by atoms with van der Waals surface area (Å²) < 4.78 is 0. The zero-order valence-corrected chi connectivity index (χ0v) is 9.76. The van der Waals surface area contributed by atoms with Crippen molar-refractivity contribution in [3.05, 3.63) is 0 Å². The Labute approximate surface area is 92.6 Å². The maximum atomic E-state index is 10.9. The average molecular weight is 212 g/mol. The van der Waals surface area contributed by atoms with Gasteiger partial charge in [-0.3, -0.25) is 0 Å². The van der Waals surface area contributed by atoms with Crippen molar-refractivity contribution < 1.29 is 5.11 Å². The normalized spacial score (nSPS) is 42.8. The third-order valence-electron chi connectivity index (χ3n) is 4.21. The van der Waals surface area contributed by atoms with E-state index in [0.29, 0.717) is 12.0 Å². The monoisotopic (exact) mass is 212 g/mol. The number of aliphatic hydroxyl groups is 1. The number of nitrogens with one attached hydrogen (secondary N) is 2. The van der Waals surface area contributed by atoms with Crippen molar-refractivity contribution in [1.29, 1.82) is 0 Å². The summed E-state index contributed by atoms with van der Waals surface area (Å²) in [6.45, 7) is 5.21. The van der Waals surface area contributed by atoms with Crippen LogP contribution in [0.2, 0.25) is 0 Å². The fraction of sp³-hybridized carbons (Fsp3) is 1.00. The largest absolute Gasteiger partial charge is 0.388 e. The molecule has 0 saturated carbocycles. The third-order valence-corrected chi connectivity index (χ3v) is 4.21. The van der Waals surface area contributed by atoms with E-state index in [0.717, 1.165) is 38.9 Å². The predicted molar refractivity (Wildman–Crippen MR) is 61.9 cm³/mol. The van der Waals surface area contributed by atoms with Crippen LogP contribution in [0.15, 0.2) is 0 Å². The summed E-state index contributed by atoms with van der Waals surface area (Å²) in [5.74, 6) is 0.418. The van der Waals surface area contributed by atoms with Crippen LogP contribution in [0.25, 0.3) is 0 Å². The first-order valence-corrected chi connectivity index (χ1v) is 6.44. The molecule has 2 aliphatic rings. The maximum Gasteiger partial charge on any atom is 0.0852 e. The molecule has 15 heavy (non-hydrogen) atoms. The van der Waals surface area contributed by atoms with Crippen molar-refractivity contribution >= 4 is 0 Å². The smallest absolute Gasteiger partial charge is 0.0852 e. The highest BCUT2D eigenvalue weighted by molar-refractivity contribution is 5.00. The van der Waals surface area contributed by atoms with E-state index in [1.807, 2.05) is 0 Å². The van der Waals surface area contributed by atoms with E-state index in [1.54, 1.807) is 0 Å². The van der Waals surface area contributed by atoms with Gasteiger partial charge in [-0.05, 0) is 38.8 Å². The van der Waals surface area contributed by atoms with Crippen LogP contribution in [-0.2, 0) is 0 Å². The zero-order valence-electron chi connectivity index (χ0n) is 9.76. The molecule has 0 radical (unpaired) electrons. The molecule has 2 aliphatic heterocycles. The molecule has 88 valence electrons. The van der Waals surface area contributed by atoms with Crippen molar-refractivity contribution in [2.24, 2.45) is 5.92 Å². The van der Waals surface area contributed by atoms with Crippen LogP contribution < -0.4 is 10.6 Å². The molecule has 3 N–H and O–H groups in total. The van der Waals surface area contributed by atoms with Crippen LogP contribution in [0.3, 0.4) is 0 Å². The Bertz CT molecular complexity index is 204. The molecule has 0 aliphatic carbocycles. The summed E-state index contributed by atoms with van der Waals surface area (Å²) in [5, 5.41) is 17.8. The highest BCUT2D eigenvalue weighted by Crippen LogP contribution is 2.33. The van der Waals surface area contributed by atoms with Crippen molar-refractivity contribution in [1.82, 2.24) is 10.6 Å². The summed E-state index contributed by atoms with van der Waals surface area (Å²) in [4.78, 5) is 0. The summed E-state index contributed by atoms with van der Waals surface area (Å²) in [6.07, 6.45) is 5.66. The lowest BCUT2D eigenvalue weighted by molar-refractivity contribution is -0.0774. The van der Waals surface area contributed by atoms with E-state index in [9.17, 15) is 5.11 Å². The van der Waals surface area contributed by atoms with Gasteiger partial charge in [0.25, 0.3) is 0 Å². The first-order valence-electron chi connectivity index (χ1n) is 6.44. The summed E-state index contributed by atoms with van der Waals surface area (Å²) in [6, 6.07) is 0.332. The second-order valence-electron chi connectivity index (χ2n) is 5.05. The molecule has 0 bridgehead atoms. The van der Waals surface area contributed by atoms with Crippen LogP contribution >= 0.6 is 0 Å². The van der Waals surface area contributed by atoms with Gasteiger partial charge < -0.3 is 15.7 Å². The molecule has 3 atom stereocenters. The highest BCUT2D eigenvalue weighted by Gasteiger charge is 2.44. The van der Waals surface area contributed by atoms with Gasteiger partial charge in [0.05, 0.1) is 5.60 Å². The third kappa shape index (κ3) is 2.19. The SMILES string of the molecule is CCC1CNCCC1(O)C1CCCCN1. The summed E-state index contributed by atoms with van der Waals surface area (Å²) in [7, 11) is 0.